The minimum Gasteiger partial charge on any atom is -0.344 e. The highest BCUT2D eigenvalue weighted by molar-refractivity contribution is 6.34. The first-order valence-electron chi connectivity index (χ1n) is 9.12. The highest BCUT2D eigenvalue weighted by atomic mass is 28.2. The molecule has 1 heterocycles. The minimum atomic E-state index is 0. The Morgan fingerprint density at radius 2 is 1.07 bits per heavy atom. The first kappa shape index (κ1) is 29.9. The van der Waals surface area contributed by atoms with Gasteiger partial charge >= 0.3 is 0 Å². The Labute approximate surface area is 171 Å². The summed E-state index contributed by atoms with van der Waals surface area (Å²) in [5.41, 5.74) is 2.84. The molecule has 0 spiro atoms. The molecule has 0 unspecified atom stereocenters. The third-order valence-corrected chi connectivity index (χ3v) is 5.63. The van der Waals surface area contributed by atoms with Gasteiger partial charge in [-0.05, 0) is 22.9 Å². The Bertz CT molecular complexity index is 793. The van der Waals surface area contributed by atoms with Gasteiger partial charge in [-0.1, -0.05) is 107 Å². The number of hydrogen-bond donors (Lipinski definition) is 0. The van der Waals surface area contributed by atoms with Gasteiger partial charge in [0.05, 0.1) is 0 Å². The molecular weight excluding hydrogens is 342 g/mol. The fraction of sp³-hybridized carbons (Fsp3) is 0.440. The van der Waals surface area contributed by atoms with Gasteiger partial charge in [-0.15, -0.1) is 0 Å². The van der Waals surface area contributed by atoms with Gasteiger partial charge in [0.1, 0.15) is 0 Å². The topological polar surface area (TPSA) is 4.93 Å². The van der Waals surface area contributed by atoms with Crippen LogP contribution in [0, 0.1) is 0 Å². The molecule has 0 saturated carbocycles. The maximum Gasteiger partial charge on any atom is 0.0494 e. The van der Waals surface area contributed by atoms with E-state index in [9.17, 15) is 0 Å². The van der Waals surface area contributed by atoms with Crippen LogP contribution < -0.4 is 0 Å². The average molecular weight is 388 g/mol. The second kappa shape index (κ2) is 14.3. The van der Waals surface area contributed by atoms with Crippen LogP contribution in [0.2, 0.25) is 6.04 Å². The first-order valence-corrected chi connectivity index (χ1v) is 11.1. The molecule has 154 valence electrons. The normalized spacial score (nSPS) is 9.37. The summed E-state index contributed by atoms with van der Waals surface area (Å²) in [6.07, 6.45) is 1.25. The Morgan fingerprint density at radius 1 is 0.667 bits per heavy atom. The molecule has 0 aliphatic carbocycles. The van der Waals surface area contributed by atoms with Gasteiger partial charge in [0.25, 0.3) is 0 Å². The van der Waals surface area contributed by atoms with Crippen molar-refractivity contribution in [3.8, 4) is 0 Å². The zero-order chi connectivity index (χ0) is 16.8. The van der Waals surface area contributed by atoms with Crippen LogP contribution in [0.3, 0.4) is 0 Å². The van der Waals surface area contributed by atoms with Crippen LogP contribution in [0.25, 0.3) is 32.6 Å². The van der Waals surface area contributed by atoms with E-state index in [-0.39, 0.29) is 39.2 Å². The molecule has 0 atom stereocenters. The second-order valence-corrected chi connectivity index (χ2v) is 7.48. The third kappa shape index (κ3) is 5.35. The fourth-order valence-corrected chi connectivity index (χ4v) is 4.37. The predicted octanol–water partition coefficient (Wildman–Crippen LogP) is 8.55. The van der Waals surface area contributed by atoms with E-state index in [1.165, 1.54) is 44.8 Å². The van der Waals surface area contributed by atoms with Gasteiger partial charge in [-0.3, -0.25) is 0 Å². The van der Waals surface area contributed by atoms with Crippen molar-refractivity contribution >= 4 is 42.1 Å². The predicted molar refractivity (Wildman–Crippen MR) is 137 cm³/mol. The molecule has 0 bridgehead atoms. The first-order chi connectivity index (χ1) is 11.4. The quantitative estimate of drug-likeness (QED) is 0.245. The largest absolute Gasteiger partial charge is 0.344 e. The van der Waals surface area contributed by atoms with Crippen LogP contribution in [-0.2, 0) is 6.17 Å². The summed E-state index contributed by atoms with van der Waals surface area (Å²) in [6, 6.07) is 19.3. The minimum absolute atomic E-state index is 0. The lowest BCUT2D eigenvalue weighted by atomic mass is 10.0. The van der Waals surface area contributed by atoms with Gasteiger partial charge in [0.15, 0.2) is 0 Å². The molecule has 0 aliphatic rings. The Hall–Kier alpha value is -1.80. The van der Waals surface area contributed by atoms with E-state index < -0.39 is 0 Å². The summed E-state index contributed by atoms with van der Waals surface area (Å²) < 4.78 is 2.56. The van der Waals surface area contributed by atoms with Crippen molar-refractivity contribution in [3.63, 3.8) is 0 Å². The number of hydrogen-bond acceptors (Lipinski definition) is 0. The second-order valence-electron chi connectivity index (χ2n) is 5.32. The molecular formula is C25H45NSi. The van der Waals surface area contributed by atoms with Gasteiger partial charge < -0.3 is 4.57 Å². The van der Waals surface area contributed by atoms with Gasteiger partial charge in [-0.2, -0.15) is 0 Å². The van der Waals surface area contributed by atoms with E-state index >= 15 is 0 Å². The molecule has 0 radical (unpaired) electrons. The van der Waals surface area contributed by atoms with Crippen molar-refractivity contribution < 1.29 is 0 Å². The molecule has 0 saturated heterocycles. The molecule has 1 nitrogen and oxygen atoms in total. The number of rotatable bonds is 3. The number of aromatic nitrogens is 1. The third-order valence-electron chi connectivity index (χ3n) is 4.16. The van der Waals surface area contributed by atoms with Crippen LogP contribution in [-0.4, -0.2) is 14.1 Å². The van der Waals surface area contributed by atoms with Crippen LogP contribution in [0.1, 0.15) is 64.3 Å². The maximum atomic E-state index is 2.56. The molecule has 2 heteroatoms. The molecule has 27 heavy (non-hydrogen) atoms. The number of benzene rings is 3. The summed E-state index contributed by atoms with van der Waals surface area (Å²) in [6.45, 7) is 10.3. The lowest BCUT2D eigenvalue weighted by molar-refractivity contribution is 0.957. The van der Waals surface area contributed by atoms with E-state index in [2.05, 4.69) is 60.0 Å². The summed E-state index contributed by atoms with van der Waals surface area (Å²) in [4.78, 5) is 0. The Kier molecular flexibility index (Phi) is 15.8. The van der Waals surface area contributed by atoms with Crippen LogP contribution >= 0.6 is 0 Å². The van der Waals surface area contributed by atoms with Crippen molar-refractivity contribution in [1.82, 2.24) is 4.57 Å². The van der Waals surface area contributed by atoms with Crippen molar-refractivity contribution in [2.24, 2.45) is 0 Å². The van der Waals surface area contributed by atoms with Crippen molar-refractivity contribution in [1.29, 1.82) is 0 Å². The fourth-order valence-electron chi connectivity index (χ4n) is 3.25. The standard InChI is InChI=1S/C17H17NSi.2C2H6.4CH4/c1-2-19-11-18-14-7-3-5-12-9-10-13-6-4-8-15(18)17(13)16(12)14;2*1-2;;;;/h3-10H,2,11,19H2,1H3;2*1-2H3;4*1H4. The lowest BCUT2D eigenvalue weighted by Crippen LogP contribution is -2.03. The lowest BCUT2D eigenvalue weighted by Gasteiger charge is -2.05. The molecule has 4 aromatic rings. The average Bonchev–Trinajstić information content (AvgIpc) is 2.97. The van der Waals surface area contributed by atoms with Crippen molar-refractivity contribution in [3.05, 3.63) is 48.5 Å². The van der Waals surface area contributed by atoms with Gasteiger partial charge in [0, 0.05) is 37.5 Å². The molecule has 0 N–H and O–H groups in total. The summed E-state index contributed by atoms with van der Waals surface area (Å²) in [7, 11) is 0.0147. The highest BCUT2D eigenvalue weighted by Crippen LogP contribution is 2.36. The zero-order valence-corrected chi connectivity index (χ0v) is 16.6. The van der Waals surface area contributed by atoms with Crippen LogP contribution in [0.4, 0.5) is 0 Å². The monoisotopic (exact) mass is 387 g/mol. The highest BCUT2D eigenvalue weighted by Gasteiger charge is 2.13. The van der Waals surface area contributed by atoms with Crippen LogP contribution in [0.5, 0.6) is 0 Å². The molecule has 0 aliphatic heterocycles. The molecule has 3 aromatic carbocycles. The molecule has 1 aromatic heterocycles. The van der Waals surface area contributed by atoms with Crippen molar-refractivity contribution in [2.75, 3.05) is 0 Å². The van der Waals surface area contributed by atoms with Gasteiger partial charge in [0.2, 0.25) is 0 Å². The Morgan fingerprint density at radius 3 is 1.44 bits per heavy atom. The maximum absolute atomic E-state index is 2.56. The Balaban J connectivity index is -0.000000679. The van der Waals surface area contributed by atoms with E-state index in [0.717, 1.165) is 0 Å². The van der Waals surface area contributed by atoms with E-state index in [1.807, 2.05) is 27.7 Å². The van der Waals surface area contributed by atoms with E-state index in [4.69, 9.17) is 0 Å². The summed E-state index contributed by atoms with van der Waals surface area (Å²) >= 11 is 0. The SMILES string of the molecule is C.C.C.C.CC.CC.CC[SiH2]Cn1c2cccc3ccc4cccc1c4c32. The van der Waals surface area contributed by atoms with E-state index in [0.29, 0.717) is 0 Å². The van der Waals surface area contributed by atoms with E-state index in [1.54, 1.807) is 0 Å². The smallest absolute Gasteiger partial charge is 0.0494 e. The molecule has 4 rings (SSSR count). The number of nitrogens with zero attached hydrogens (tertiary/aromatic N) is 1. The van der Waals surface area contributed by atoms with Crippen molar-refractivity contribution in [2.45, 2.75) is 76.5 Å². The molecule has 0 fully saturated rings. The zero-order valence-electron chi connectivity index (χ0n) is 15.2. The molecule has 0 amide bonds. The van der Waals surface area contributed by atoms with Crippen LogP contribution in [0.15, 0.2) is 48.5 Å². The van der Waals surface area contributed by atoms with Gasteiger partial charge in [-0.25, -0.2) is 0 Å². The summed E-state index contributed by atoms with van der Waals surface area (Å²) in [5, 5.41) is 5.66. The summed E-state index contributed by atoms with van der Waals surface area (Å²) in [5.74, 6) is 0.